The lowest BCUT2D eigenvalue weighted by molar-refractivity contribution is -0.384. The Balaban J connectivity index is 1.74. The highest BCUT2D eigenvalue weighted by atomic mass is 16.6. The number of esters is 1. The Hall–Kier alpha value is -3.95. The molecule has 0 fully saturated rings. The SMILES string of the molecule is CCOc1ccccc1NC(=O)COC(=O)CCC(=O)Nc1cccc([N+](=O)[O-])c1. The number of carbonyl (C=O) groups is 3. The van der Waals surface area contributed by atoms with Gasteiger partial charge in [-0.1, -0.05) is 18.2 Å². The Morgan fingerprint density at radius 2 is 1.77 bits per heavy atom. The van der Waals surface area contributed by atoms with Gasteiger partial charge in [0.05, 0.1) is 23.6 Å². The van der Waals surface area contributed by atoms with Gasteiger partial charge in [-0.2, -0.15) is 0 Å². The van der Waals surface area contributed by atoms with Crippen LogP contribution in [0.2, 0.25) is 0 Å². The zero-order valence-electron chi connectivity index (χ0n) is 16.3. The molecule has 0 unspecified atom stereocenters. The first-order valence-electron chi connectivity index (χ1n) is 9.10. The molecule has 10 heteroatoms. The van der Waals surface area contributed by atoms with E-state index >= 15 is 0 Å². The summed E-state index contributed by atoms with van der Waals surface area (Å²) in [7, 11) is 0. The standard InChI is InChI=1S/C20H21N3O7/c1-2-29-17-9-4-3-8-16(17)22-19(25)13-30-20(26)11-10-18(24)21-14-6-5-7-15(12-14)23(27)28/h3-9,12H,2,10-11,13H2,1H3,(H,21,24)(H,22,25). The van der Waals surface area contributed by atoms with Crippen LogP contribution in [0.5, 0.6) is 5.75 Å². The smallest absolute Gasteiger partial charge is 0.306 e. The Labute approximate surface area is 172 Å². The van der Waals surface area contributed by atoms with Crippen molar-refractivity contribution in [3.8, 4) is 5.75 Å². The molecule has 158 valence electrons. The van der Waals surface area contributed by atoms with E-state index in [1.54, 1.807) is 24.3 Å². The van der Waals surface area contributed by atoms with Crippen LogP contribution in [0.15, 0.2) is 48.5 Å². The minimum absolute atomic E-state index is 0.163. The summed E-state index contributed by atoms with van der Waals surface area (Å²) in [6, 6.07) is 12.3. The summed E-state index contributed by atoms with van der Waals surface area (Å²) in [5.74, 6) is -1.28. The highest BCUT2D eigenvalue weighted by Crippen LogP contribution is 2.23. The molecule has 10 nitrogen and oxygen atoms in total. The number of nitrogens with one attached hydrogen (secondary N) is 2. The molecule has 0 aliphatic rings. The van der Waals surface area contributed by atoms with E-state index in [1.807, 2.05) is 6.92 Å². The highest BCUT2D eigenvalue weighted by Gasteiger charge is 2.13. The number of nitro benzene ring substituents is 1. The van der Waals surface area contributed by atoms with Crippen LogP contribution in [-0.2, 0) is 19.1 Å². The van der Waals surface area contributed by atoms with Crippen LogP contribution in [0.1, 0.15) is 19.8 Å². The number of hydrogen-bond acceptors (Lipinski definition) is 7. The van der Waals surface area contributed by atoms with Crippen LogP contribution >= 0.6 is 0 Å². The molecular formula is C20H21N3O7. The van der Waals surface area contributed by atoms with Gasteiger partial charge in [-0.25, -0.2) is 0 Å². The van der Waals surface area contributed by atoms with E-state index in [9.17, 15) is 24.5 Å². The fourth-order valence-electron chi connectivity index (χ4n) is 2.39. The maximum Gasteiger partial charge on any atom is 0.306 e. The quantitative estimate of drug-likeness (QED) is 0.346. The Bertz CT molecular complexity index is 930. The number of nitro groups is 1. The molecule has 0 heterocycles. The average Bonchev–Trinajstić information content (AvgIpc) is 2.72. The maximum absolute atomic E-state index is 12.0. The van der Waals surface area contributed by atoms with E-state index in [0.29, 0.717) is 18.0 Å². The third-order valence-electron chi connectivity index (χ3n) is 3.72. The second kappa shape index (κ2) is 11.1. The van der Waals surface area contributed by atoms with Gasteiger partial charge < -0.3 is 20.1 Å². The zero-order valence-corrected chi connectivity index (χ0v) is 16.3. The van der Waals surface area contributed by atoms with Crippen LogP contribution in [0.25, 0.3) is 0 Å². The molecule has 0 radical (unpaired) electrons. The highest BCUT2D eigenvalue weighted by molar-refractivity contribution is 5.95. The molecule has 0 aromatic heterocycles. The summed E-state index contributed by atoms with van der Waals surface area (Å²) in [6.45, 7) is 1.74. The Morgan fingerprint density at radius 1 is 1.00 bits per heavy atom. The van der Waals surface area contributed by atoms with Crippen molar-refractivity contribution in [3.05, 3.63) is 58.6 Å². The van der Waals surface area contributed by atoms with Gasteiger partial charge in [-0.05, 0) is 25.1 Å². The van der Waals surface area contributed by atoms with Crippen molar-refractivity contribution in [2.24, 2.45) is 0 Å². The molecule has 0 saturated carbocycles. The van der Waals surface area contributed by atoms with E-state index in [1.165, 1.54) is 24.3 Å². The number of amides is 2. The van der Waals surface area contributed by atoms with Crippen molar-refractivity contribution >= 4 is 34.8 Å². The van der Waals surface area contributed by atoms with Gasteiger partial charge in [0.15, 0.2) is 6.61 Å². The monoisotopic (exact) mass is 415 g/mol. The summed E-state index contributed by atoms with van der Waals surface area (Å²) in [4.78, 5) is 45.8. The summed E-state index contributed by atoms with van der Waals surface area (Å²) >= 11 is 0. The molecule has 0 saturated heterocycles. The van der Waals surface area contributed by atoms with Crippen LogP contribution in [0, 0.1) is 10.1 Å². The van der Waals surface area contributed by atoms with Gasteiger partial charge in [-0.15, -0.1) is 0 Å². The van der Waals surface area contributed by atoms with Gasteiger partial charge in [0.2, 0.25) is 5.91 Å². The molecule has 2 amide bonds. The summed E-state index contributed by atoms with van der Waals surface area (Å²) in [5, 5.41) is 15.8. The van der Waals surface area contributed by atoms with Crippen LogP contribution in [0.4, 0.5) is 17.1 Å². The topological polar surface area (TPSA) is 137 Å². The zero-order chi connectivity index (χ0) is 21.9. The lowest BCUT2D eigenvalue weighted by Crippen LogP contribution is -2.22. The lowest BCUT2D eigenvalue weighted by atomic mass is 10.2. The van der Waals surface area contributed by atoms with E-state index in [4.69, 9.17) is 9.47 Å². The van der Waals surface area contributed by atoms with E-state index in [2.05, 4.69) is 10.6 Å². The van der Waals surface area contributed by atoms with Crippen molar-refractivity contribution in [1.82, 2.24) is 0 Å². The van der Waals surface area contributed by atoms with Crippen molar-refractivity contribution in [1.29, 1.82) is 0 Å². The number of benzene rings is 2. The Morgan fingerprint density at radius 3 is 2.50 bits per heavy atom. The molecule has 0 aliphatic carbocycles. The van der Waals surface area contributed by atoms with Crippen molar-refractivity contribution in [2.75, 3.05) is 23.8 Å². The van der Waals surface area contributed by atoms with Crippen molar-refractivity contribution in [3.63, 3.8) is 0 Å². The molecule has 2 aromatic carbocycles. The molecule has 2 rings (SSSR count). The number of para-hydroxylation sites is 2. The normalized spacial score (nSPS) is 10.0. The van der Waals surface area contributed by atoms with Crippen molar-refractivity contribution in [2.45, 2.75) is 19.8 Å². The molecule has 2 N–H and O–H groups in total. The van der Waals surface area contributed by atoms with E-state index in [0.717, 1.165) is 0 Å². The van der Waals surface area contributed by atoms with Crippen LogP contribution < -0.4 is 15.4 Å². The molecule has 0 spiro atoms. The number of non-ortho nitro benzene ring substituents is 1. The third-order valence-corrected chi connectivity index (χ3v) is 3.72. The molecule has 2 aromatic rings. The predicted molar refractivity (Wildman–Crippen MR) is 108 cm³/mol. The fourth-order valence-corrected chi connectivity index (χ4v) is 2.39. The van der Waals surface area contributed by atoms with E-state index < -0.39 is 29.3 Å². The number of nitrogens with zero attached hydrogens (tertiary/aromatic N) is 1. The first-order chi connectivity index (χ1) is 14.4. The summed E-state index contributed by atoms with van der Waals surface area (Å²) in [5.41, 5.74) is 0.538. The largest absolute Gasteiger partial charge is 0.492 e. The maximum atomic E-state index is 12.0. The molecule has 0 atom stereocenters. The first kappa shape index (κ1) is 22.3. The fraction of sp³-hybridized carbons (Fsp3) is 0.250. The second-order valence-electron chi connectivity index (χ2n) is 5.99. The predicted octanol–water partition coefficient (Wildman–Crippen LogP) is 2.89. The molecule has 0 bridgehead atoms. The number of hydrogen-bond donors (Lipinski definition) is 2. The van der Waals surface area contributed by atoms with Gasteiger partial charge in [0.25, 0.3) is 11.6 Å². The number of carbonyl (C=O) groups excluding carboxylic acids is 3. The van der Waals surface area contributed by atoms with Crippen molar-refractivity contribution < 1.29 is 28.8 Å². The van der Waals surface area contributed by atoms with E-state index in [-0.39, 0.29) is 24.2 Å². The van der Waals surface area contributed by atoms with Gasteiger partial charge in [0.1, 0.15) is 5.75 Å². The van der Waals surface area contributed by atoms with Gasteiger partial charge in [-0.3, -0.25) is 24.5 Å². The first-order valence-corrected chi connectivity index (χ1v) is 9.10. The second-order valence-corrected chi connectivity index (χ2v) is 5.99. The number of ether oxygens (including phenoxy) is 2. The van der Waals surface area contributed by atoms with Gasteiger partial charge in [0, 0.05) is 24.2 Å². The molecule has 0 aliphatic heterocycles. The summed E-state index contributed by atoms with van der Waals surface area (Å²) < 4.78 is 10.3. The average molecular weight is 415 g/mol. The number of rotatable bonds is 10. The lowest BCUT2D eigenvalue weighted by Gasteiger charge is -2.11. The minimum atomic E-state index is -0.725. The van der Waals surface area contributed by atoms with Gasteiger partial charge >= 0.3 is 5.97 Å². The number of anilines is 2. The van der Waals surface area contributed by atoms with Crippen LogP contribution in [0.3, 0.4) is 0 Å². The molecule has 30 heavy (non-hydrogen) atoms. The minimum Gasteiger partial charge on any atom is -0.492 e. The summed E-state index contributed by atoms with van der Waals surface area (Å²) in [6.07, 6.45) is -0.445. The Kier molecular flexibility index (Phi) is 8.30. The third kappa shape index (κ3) is 7.23. The van der Waals surface area contributed by atoms with Crippen LogP contribution in [-0.4, -0.2) is 35.9 Å². The molecular weight excluding hydrogens is 394 g/mol.